The van der Waals surface area contributed by atoms with E-state index in [0.29, 0.717) is 40.4 Å². The van der Waals surface area contributed by atoms with E-state index >= 15 is 0 Å². The molecule has 0 aliphatic rings. The molecule has 34 heavy (non-hydrogen) atoms. The predicted octanol–water partition coefficient (Wildman–Crippen LogP) is 5.48. The molecule has 170 valence electrons. The zero-order valence-corrected chi connectivity index (χ0v) is 18.7. The summed E-state index contributed by atoms with van der Waals surface area (Å²) in [6, 6.07) is 20.7. The van der Waals surface area contributed by atoms with Crippen molar-refractivity contribution in [3.63, 3.8) is 0 Å². The summed E-state index contributed by atoms with van der Waals surface area (Å²) in [5, 5.41) is 12.1. The lowest BCUT2D eigenvalue weighted by molar-refractivity contribution is 0.0948. The molecule has 3 heterocycles. The van der Waals surface area contributed by atoms with Crippen LogP contribution in [0.2, 0.25) is 0 Å². The first-order chi connectivity index (χ1) is 16.7. The fourth-order valence-corrected chi connectivity index (χ4v) is 4.24. The van der Waals surface area contributed by atoms with Gasteiger partial charge in [-0.2, -0.15) is 0 Å². The van der Waals surface area contributed by atoms with Crippen molar-refractivity contribution in [3.8, 4) is 17.3 Å². The number of carbonyl (C=O) groups excluding carboxylic acids is 1. The van der Waals surface area contributed by atoms with Gasteiger partial charge >= 0.3 is 0 Å². The number of hydrogen-bond acceptors (Lipinski definition) is 6. The van der Waals surface area contributed by atoms with Crippen molar-refractivity contribution in [3.05, 3.63) is 108 Å². The van der Waals surface area contributed by atoms with E-state index in [1.807, 2.05) is 22.8 Å². The Bertz CT molecular complexity index is 1360. The first-order valence-electron chi connectivity index (χ1n) is 10.4. The molecule has 1 N–H and O–H groups in total. The van der Waals surface area contributed by atoms with Gasteiger partial charge in [-0.3, -0.25) is 9.36 Å². The van der Waals surface area contributed by atoms with Crippen LogP contribution in [0.4, 0.5) is 4.39 Å². The van der Waals surface area contributed by atoms with Gasteiger partial charge in [-0.05, 0) is 66.2 Å². The fourth-order valence-electron chi connectivity index (χ4n) is 3.33. The Kier molecular flexibility index (Phi) is 6.26. The highest BCUT2D eigenvalue weighted by molar-refractivity contribution is 7.98. The average Bonchev–Trinajstić information content (AvgIpc) is 3.64. The van der Waals surface area contributed by atoms with Crippen LogP contribution in [0.25, 0.3) is 17.3 Å². The standard InChI is InChI=1S/C25H19FN4O3S/c26-19-9-11-20(12-10-19)30-23(22-4-2-14-33-22)28-29-25(30)34-16-17-5-7-18(8-6-17)24(31)27-15-21-3-1-13-32-21/h1-14H,15-16H2,(H,27,31). The lowest BCUT2D eigenvalue weighted by Crippen LogP contribution is -2.22. The number of amides is 1. The molecule has 7 nitrogen and oxygen atoms in total. The molecule has 2 aromatic carbocycles. The lowest BCUT2D eigenvalue weighted by atomic mass is 10.1. The topological polar surface area (TPSA) is 86.1 Å². The number of hydrogen-bond donors (Lipinski definition) is 1. The zero-order valence-electron chi connectivity index (χ0n) is 17.8. The Morgan fingerprint density at radius 1 is 0.941 bits per heavy atom. The van der Waals surface area contributed by atoms with Crippen molar-refractivity contribution in [2.75, 3.05) is 0 Å². The molecule has 5 rings (SSSR count). The second-order valence-corrected chi connectivity index (χ2v) is 8.29. The second-order valence-electron chi connectivity index (χ2n) is 7.34. The average molecular weight is 475 g/mol. The summed E-state index contributed by atoms with van der Waals surface area (Å²) in [4.78, 5) is 12.4. The maximum Gasteiger partial charge on any atom is 0.251 e. The second kappa shape index (κ2) is 9.80. The van der Waals surface area contributed by atoms with E-state index in [4.69, 9.17) is 8.83 Å². The van der Waals surface area contributed by atoms with E-state index in [9.17, 15) is 9.18 Å². The van der Waals surface area contributed by atoms with Crippen LogP contribution in [0.5, 0.6) is 0 Å². The maximum atomic E-state index is 13.5. The Hall–Kier alpha value is -4.11. The third kappa shape index (κ3) is 4.79. The van der Waals surface area contributed by atoms with Crippen molar-refractivity contribution >= 4 is 17.7 Å². The van der Waals surface area contributed by atoms with E-state index in [2.05, 4.69) is 15.5 Å². The molecule has 0 aliphatic heterocycles. The summed E-state index contributed by atoms with van der Waals surface area (Å²) in [5.41, 5.74) is 2.31. The molecule has 0 saturated carbocycles. The highest BCUT2D eigenvalue weighted by Crippen LogP contribution is 2.30. The van der Waals surface area contributed by atoms with Crippen molar-refractivity contribution < 1.29 is 18.0 Å². The maximum absolute atomic E-state index is 13.5. The predicted molar refractivity (Wildman–Crippen MR) is 125 cm³/mol. The molecule has 3 aromatic heterocycles. The van der Waals surface area contributed by atoms with E-state index in [1.54, 1.807) is 55.0 Å². The smallest absolute Gasteiger partial charge is 0.251 e. The van der Waals surface area contributed by atoms with Gasteiger partial charge in [0, 0.05) is 11.3 Å². The molecule has 5 aromatic rings. The van der Waals surface area contributed by atoms with E-state index in [1.165, 1.54) is 23.9 Å². The van der Waals surface area contributed by atoms with Gasteiger partial charge < -0.3 is 14.2 Å². The minimum Gasteiger partial charge on any atom is -0.467 e. The van der Waals surface area contributed by atoms with Crippen molar-refractivity contribution in [2.24, 2.45) is 0 Å². The van der Waals surface area contributed by atoms with Crippen molar-refractivity contribution in [1.29, 1.82) is 0 Å². The van der Waals surface area contributed by atoms with Crippen molar-refractivity contribution in [1.82, 2.24) is 20.1 Å². The highest BCUT2D eigenvalue weighted by Gasteiger charge is 2.18. The van der Waals surface area contributed by atoms with Crippen LogP contribution in [-0.2, 0) is 12.3 Å². The van der Waals surface area contributed by atoms with Crippen LogP contribution < -0.4 is 5.32 Å². The summed E-state index contributed by atoms with van der Waals surface area (Å²) < 4.78 is 26.1. The molecule has 0 saturated heterocycles. The number of furan rings is 2. The molecule has 0 fully saturated rings. The molecule has 1 amide bonds. The molecule has 0 aliphatic carbocycles. The molecule has 0 radical (unpaired) electrons. The van der Waals surface area contributed by atoms with Crippen LogP contribution >= 0.6 is 11.8 Å². The van der Waals surface area contributed by atoms with Gasteiger partial charge in [0.1, 0.15) is 11.6 Å². The van der Waals surface area contributed by atoms with Crippen LogP contribution in [0, 0.1) is 5.82 Å². The van der Waals surface area contributed by atoms with Gasteiger partial charge in [0.05, 0.1) is 24.8 Å². The van der Waals surface area contributed by atoms with Gasteiger partial charge in [-0.15, -0.1) is 10.2 Å². The van der Waals surface area contributed by atoms with Gasteiger partial charge in [0.2, 0.25) is 5.82 Å². The number of nitrogens with one attached hydrogen (secondary N) is 1. The van der Waals surface area contributed by atoms with Crippen LogP contribution in [0.15, 0.2) is 99.3 Å². The van der Waals surface area contributed by atoms with Crippen LogP contribution in [0.1, 0.15) is 21.7 Å². The fraction of sp³-hybridized carbons (Fsp3) is 0.0800. The number of benzene rings is 2. The molecule has 0 bridgehead atoms. The minimum absolute atomic E-state index is 0.172. The Morgan fingerprint density at radius 3 is 2.41 bits per heavy atom. The molecule has 0 atom stereocenters. The van der Waals surface area contributed by atoms with Crippen molar-refractivity contribution in [2.45, 2.75) is 17.5 Å². The normalized spacial score (nSPS) is 11.0. The van der Waals surface area contributed by atoms with Gasteiger partial charge in [-0.1, -0.05) is 23.9 Å². The van der Waals surface area contributed by atoms with E-state index < -0.39 is 0 Å². The Balaban J connectivity index is 1.30. The van der Waals surface area contributed by atoms with E-state index in [0.717, 1.165) is 11.3 Å². The molecule has 0 unspecified atom stereocenters. The highest BCUT2D eigenvalue weighted by atomic mass is 32.2. The first kappa shape index (κ1) is 21.7. The Morgan fingerprint density at radius 2 is 1.71 bits per heavy atom. The number of aromatic nitrogens is 3. The zero-order chi connectivity index (χ0) is 23.3. The van der Waals surface area contributed by atoms with Crippen LogP contribution in [0.3, 0.4) is 0 Å². The number of carbonyl (C=O) groups is 1. The van der Waals surface area contributed by atoms with Gasteiger partial charge in [0.25, 0.3) is 5.91 Å². The third-order valence-electron chi connectivity index (χ3n) is 5.05. The monoisotopic (exact) mass is 474 g/mol. The lowest BCUT2D eigenvalue weighted by Gasteiger charge is -2.09. The number of halogens is 1. The summed E-state index contributed by atoms with van der Waals surface area (Å²) in [7, 11) is 0. The quantitative estimate of drug-likeness (QED) is 0.300. The molecule has 9 heteroatoms. The van der Waals surface area contributed by atoms with Crippen LogP contribution in [-0.4, -0.2) is 20.7 Å². The minimum atomic E-state index is -0.320. The molecular formula is C25H19FN4O3S. The molecular weight excluding hydrogens is 455 g/mol. The van der Waals surface area contributed by atoms with Gasteiger partial charge in [-0.25, -0.2) is 4.39 Å². The van der Waals surface area contributed by atoms with Gasteiger partial charge in [0.15, 0.2) is 10.9 Å². The Labute approximate surface area is 198 Å². The summed E-state index contributed by atoms with van der Waals surface area (Å²) in [6.07, 6.45) is 3.14. The number of thioether (sulfide) groups is 1. The largest absolute Gasteiger partial charge is 0.467 e. The first-order valence-corrected chi connectivity index (χ1v) is 11.4. The molecule has 0 spiro atoms. The third-order valence-corrected chi connectivity index (χ3v) is 6.05. The number of rotatable bonds is 8. The summed E-state index contributed by atoms with van der Waals surface area (Å²) in [6.45, 7) is 0.334. The van der Waals surface area contributed by atoms with E-state index in [-0.39, 0.29) is 11.7 Å². The summed E-state index contributed by atoms with van der Waals surface area (Å²) >= 11 is 1.48. The SMILES string of the molecule is O=C(NCc1ccco1)c1ccc(CSc2nnc(-c3ccco3)n2-c2ccc(F)cc2)cc1. The number of nitrogens with zero attached hydrogens (tertiary/aromatic N) is 3. The summed E-state index contributed by atoms with van der Waals surface area (Å²) in [5.74, 6) is 1.90.